The predicted octanol–water partition coefficient (Wildman–Crippen LogP) is 4.37. The maximum Gasteiger partial charge on any atom is 0.414 e. The van der Waals surface area contributed by atoms with Gasteiger partial charge in [-0.05, 0) is 43.6 Å². The highest BCUT2D eigenvalue weighted by atomic mass is 35.5. The van der Waals surface area contributed by atoms with Gasteiger partial charge in [0.05, 0.1) is 5.69 Å². The van der Waals surface area contributed by atoms with Crippen molar-refractivity contribution in [1.29, 1.82) is 0 Å². The van der Waals surface area contributed by atoms with Crippen LogP contribution in [0.4, 0.5) is 0 Å². The highest BCUT2D eigenvalue weighted by molar-refractivity contribution is 7.13. The van der Waals surface area contributed by atoms with Crippen LogP contribution in [0, 0.1) is 0 Å². The molecule has 1 aliphatic rings. The molecule has 1 fully saturated rings. The third-order valence-corrected chi connectivity index (χ3v) is 6.43. The molecule has 0 aliphatic carbocycles. The Morgan fingerprint density at radius 3 is 2.27 bits per heavy atom. The number of carboxylic acids is 2. The Morgan fingerprint density at radius 2 is 1.67 bits per heavy atom. The number of piperidine rings is 1. The minimum absolute atomic E-state index is 0.581. The van der Waals surface area contributed by atoms with E-state index in [1.54, 1.807) is 11.3 Å². The Bertz CT molecular complexity index is 1020. The summed E-state index contributed by atoms with van der Waals surface area (Å²) >= 11 is 7.66. The van der Waals surface area contributed by atoms with Crippen LogP contribution in [-0.2, 0) is 22.7 Å². The first kappa shape index (κ1) is 24.9. The summed E-state index contributed by atoms with van der Waals surface area (Å²) in [5.74, 6) is -3.65. The number of nitrogens with zero attached hydrogens (tertiary/aromatic N) is 2. The number of rotatable bonds is 6. The number of halogens is 1. The summed E-state index contributed by atoms with van der Waals surface area (Å²) in [5, 5.41) is 22.4. The molecule has 1 aromatic heterocycles. The van der Waals surface area contributed by atoms with Gasteiger partial charge in [-0.3, -0.25) is 4.90 Å². The van der Waals surface area contributed by atoms with Crippen molar-refractivity contribution in [2.45, 2.75) is 32.0 Å². The number of likely N-dealkylation sites (tertiary alicyclic amines) is 1. The molecule has 0 bridgehead atoms. The average Bonchev–Trinajstić information content (AvgIpc) is 3.29. The maximum absolute atomic E-state index is 9.10. The SMILES string of the molecule is Clc1ccc(-c2nc(CNC3CCN(Cc4ccccc4)CC3)cs2)cc1.O=C(O)C(=O)O. The molecule has 0 saturated carbocycles. The van der Waals surface area contributed by atoms with Gasteiger partial charge in [-0.2, -0.15) is 0 Å². The van der Waals surface area contributed by atoms with Crippen molar-refractivity contribution in [2.24, 2.45) is 0 Å². The van der Waals surface area contributed by atoms with Crippen LogP contribution in [0.3, 0.4) is 0 Å². The summed E-state index contributed by atoms with van der Waals surface area (Å²) in [7, 11) is 0. The fourth-order valence-corrected chi connectivity index (χ4v) is 4.45. The number of hydrogen-bond donors (Lipinski definition) is 3. The molecule has 1 aliphatic heterocycles. The van der Waals surface area contributed by atoms with E-state index < -0.39 is 11.9 Å². The monoisotopic (exact) mass is 487 g/mol. The second-order valence-electron chi connectivity index (χ2n) is 7.68. The Morgan fingerprint density at radius 1 is 1.03 bits per heavy atom. The Kier molecular flexibility index (Phi) is 9.38. The molecule has 2 aromatic carbocycles. The van der Waals surface area contributed by atoms with Crippen LogP contribution in [0.2, 0.25) is 5.02 Å². The molecule has 4 rings (SSSR count). The Labute approximate surface area is 201 Å². The zero-order chi connectivity index (χ0) is 23.6. The maximum atomic E-state index is 9.10. The Balaban J connectivity index is 0.000000454. The third-order valence-electron chi connectivity index (χ3n) is 5.23. The highest BCUT2D eigenvalue weighted by Crippen LogP contribution is 2.25. The summed E-state index contributed by atoms with van der Waals surface area (Å²) in [5.41, 5.74) is 3.66. The van der Waals surface area contributed by atoms with Crippen LogP contribution in [-0.4, -0.2) is 51.2 Å². The van der Waals surface area contributed by atoms with Gasteiger partial charge in [0.15, 0.2) is 0 Å². The summed E-state index contributed by atoms with van der Waals surface area (Å²) in [6.07, 6.45) is 2.39. The lowest BCUT2D eigenvalue weighted by Crippen LogP contribution is -2.41. The van der Waals surface area contributed by atoms with E-state index in [4.69, 9.17) is 36.4 Å². The molecule has 33 heavy (non-hydrogen) atoms. The second kappa shape index (κ2) is 12.5. The fraction of sp³-hybridized carbons (Fsp3) is 0.292. The zero-order valence-corrected chi connectivity index (χ0v) is 19.6. The van der Waals surface area contributed by atoms with Gasteiger partial charge in [0.1, 0.15) is 5.01 Å². The van der Waals surface area contributed by atoms with E-state index in [0.717, 1.165) is 47.5 Å². The first-order valence-corrected chi connectivity index (χ1v) is 11.8. The largest absolute Gasteiger partial charge is 0.473 e. The molecule has 0 amide bonds. The zero-order valence-electron chi connectivity index (χ0n) is 18.0. The van der Waals surface area contributed by atoms with Crippen LogP contribution < -0.4 is 5.32 Å². The lowest BCUT2D eigenvalue weighted by atomic mass is 10.0. The van der Waals surface area contributed by atoms with Gasteiger partial charge in [0.25, 0.3) is 0 Å². The van der Waals surface area contributed by atoms with Crippen molar-refractivity contribution < 1.29 is 19.8 Å². The predicted molar refractivity (Wildman–Crippen MR) is 129 cm³/mol. The third kappa shape index (κ3) is 8.25. The number of aliphatic carboxylic acids is 2. The van der Waals surface area contributed by atoms with Gasteiger partial charge < -0.3 is 15.5 Å². The molecule has 3 aromatic rings. The van der Waals surface area contributed by atoms with Gasteiger partial charge in [-0.25, -0.2) is 14.6 Å². The summed E-state index contributed by atoms with van der Waals surface area (Å²) in [4.78, 5) is 25.5. The molecule has 0 spiro atoms. The Hall–Kier alpha value is -2.78. The van der Waals surface area contributed by atoms with E-state index in [9.17, 15) is 0 Å². The number of aromatic nitrogens is 1. The lowest BCUT2D eigenvalue weighted by Gasteiger charge is -2.32. The van der Waals surface area contributed by atoms with Crippen molar-refractivity contribution in [3.8, 4) is 10.6 Å². The lowest BCUT2D eigenvalue weighted by molar-refractivity contribution is -0.159. The molecule has 2 heterocycles. The number of hydrogen-bond acceptors (Lipinski definition) is 6. The number of thiazole rings is 1. The molecule has 0 radical (unpaired) electrons. The van der Waals surface area contributed by atoms with Gasteiger partial charge in [-0.15, -0.1) is 11.3 Å². The number of carbonyl (C=O) groups is 2. The molecular weight excluding hydrogens is 462 g/mol. The summed E-state index contributed by atoms with van der Waals surface area (Å²) in [6.45, 7) is 4.21. The summed E-state index contributed by atoms with van der Waals surface area (Å²) in [6, 6.07) is 19.2. The van der Waals surface area contributed by atoms with E-state index in [-0.39, 0.29) is 0 Å². The van der Waals surface area contributed by atoms with Gasteiger partial charge in [0.2, 0.25) is 0 Å². The topological polar surface area (TPSA) is 103 Å². The quantitative estimate of drug-likeness (QED) is 0.443. The van der Waals surface area contributed by atoms with Crippen molar-refractivity contribution >= 4 is 34.9 Å². The summed E-state index contributed by atoms with van der Waals surface area (Å²) < 4.78 is 0. The number of nitrogens with one attached hydrogen (secondary N) is 1. The molecule has 0 atom stereocenters. The van der Waals surface area contributed by atoms with Crippen molar-refractivity contribution in [1.82, 2.24) is 15.2 Å². The van der Waals surface area contributed by atoms with Crippen LogP contribution in [0.25, 0.3) is 10.6 Å². The molecule has 174 valence electrons. The smallest absolute Gasteiger partial charge is 0.414 e. The first-order valence-electron chi connectivity index (χ1n) is 10.6. The minimum atomic E-state index is -1.82. The van der Waals surface area contributed by atoms with Gasteiger partial charge in [0, 0.05) is 35.1 Å². The fourth-order valence-electron chi connectivity index (χ4n) is 3.50. The minimum Gasteiger partial charge on any atom is -0.473 e. The van der Waals surface area contributed by atoms with Crippen molar-refractivity contribution in [2.75, 3.05) is 13.1 Å². The standard InChI is InChI=1S/C22H24ClN3S.C2H2O4/c23-19-8-6-18(7-9-19)22-25-21(16-27-22)14-24-20-10-12-26(13-11-20)15-17-4-2-1-3-5-17;3-1(4)2(5)6/h1-9,16,20,24H,10-15H2;(H,3,4)(H,5,6). The molecule has 1 saturated heterocycles. The number of benzene rings is 2. The van der Waals surface area contributed by atoms with E-state index in [2.05, 4.69) is 45.9 Å². The van der Waals surface area contributed by atoms with Crippen LogP contribution in [0.15, 0.2) is 60.0 Å². The van der Waals surface area contributed by atoms with E-state index in [1.807, 2.05) is 24.3 Å². The highest BCUT2D eigenvalue weighted by Gasteiger charge is 2.19. The van der Waals surface area contributed by atoms with Crippen LogP contribution >= 0.6 is 22.9 Å². The molecule has 7 nitrogen and oxygen atoms in total. The van der Waals surface area contributed by atoms with Crippen LogP contribution in [0.1, 0.15) is 24.1 Å². The van der Waals surface area contributed by atoms with Gasteiger partial charge in [-0.1, -0.05) is 54.1 Å². The molecule has 9 heteroatoms. The second-order valence-corrected chi connectivity index (χ2v) is 8.97. The van der Waals surface area contributed by atoms with E-state index in [0.29, 0.717) is 6.04 Å². The van der Waals surface area contributed by atoms with E-state index >= 15 is 0 Å². The van der Waals surface area contributed by atoms with Gasteiger partial charge >= 0.3 is 11.9 Å². The molecular formula is C24H26ClN3O4S. The van der Waals surface area contributed by atoms with Crippen molar-refractivity contribution in [3.05, 3.63) is 76.3 Å². The first-order chi connectivity index (χ1) is 15.9. The average molecular weight is 488 g/mol. The number of carboxylic acid groups (broad SMARTS) is 2. The van der Waals surface area contributed by atoms with Crippen molar-refractivity contribution in [3.63, 3.8) is 0 Å². The normalized spacial score (nSPS) is 14.3. The molecule has 3 N–H and O–H groups in total. The van der Waals surface area contributed by atoms with E-state index in [1.165, 1.54) is 18.4 Å². The molecule has 0 unspecified atom stereocenters. The van der Waals surface area contributed by atoms with Crippen LogP contribution in [0.5, 0.6) is 0 Å².